The highest BCUT2D eigenvalue weighted by atomic mass is 19.4. The molecule has 1 aliphatic rings. The quantitative estimate of drug-likeness (QED) is 0.801. The fraction of sp³-hybridized carbons (Fsp3) is 0.611. The molecule has 1 aromatic carbocycles. The summed E-state index contributed by atoms with van der Waals surface area (Å²) in [6.07, 6.45) is -4.75. The van der Waals surface area contributed by atoms with Crippen LogP contribution in [0.25, 0.3) is 0 Å². The third-order valence-electron chi connectivity index (χ3n) is 4.03. The number of rotatable bonds is 4. The Kier molecular flexibility index (Phi) is 6.46. The van der Waals surface area contributed by atoms with Gasteiger partial charge in [-0.05, 0) is 39.0 Å². The van der Waals surface area contributed by atoms with E-state index in [0.29, 0.717) is 39.3 Å². The molecule has 1 aromatic rings. The first kappa shape index (κ1) is 21.1. The lowest BCUT2D eigenvalue weighted by atomic mass is 10.2. The third kappa shape index (κ3) is 6.50. The van der Waals surface area contributed by atoms with Gasteiger partial charge in [0.15, 0.2) is 0 Å². The number of hydrogen-bond acceptors (Lipinski definition) is 5. The molecular formula is C18H26F3N3O3. The number of carbonyl (C=O) groups excluding carboxylic acids is 1. The number of piperazine rings is 1. The number of carbonyl (C=O) groups is 1. The number of amides is 1. The second-order valence-electron chi connectivity index (χ2n) is 7.41. The first-order chi connectivity index (χ1) is 12.5. The second-order valence-corrected chi connectivity index (χ2v) is 7.41. The van der Waals surface area contributed by atoms with Crippen molar-refractivity contribution >= 4 is 11.8 Å². The number of alkyl halides is 3. The van der Waals surface area contributed by atoms with Gasteiger partial charge in [-0.2, -0.15) is 13.2 Å². The van der Waals surface area contributed by atoms with Crippen LogP contribution in [0.3, 0.4) is 0 Å². The molecule has 152 valence electrons. The topological polar surface area (TPSA) is 68.0 Å². The SMILES string of the molecule is CC(C)(C)OC(=O)N1CCN(CCOc2ccc(C(F)(F)F)cc2N)CC1. The summed E-state index contributed by atoms with van der Waals surface area (Å²) in [5.41, 5.74) is 4.28. The van der Waals surface area contributed by atoms with Crippen LogP contribution in [-0.2, 0) is 10.9 Å². The number of nitrogens with zero attached hydrogens (tertiary/aromatic N) is 2. The van der Waals surface area contributed by atoms with E-state index in [4.69, 9.17) is 15.2 Å². The summed E-state index contributed by atoms with van der Waals surface area (Å²) < 4.78 is 48.8. The van der Waals surface area contributed by atoms with Crippen LogP contribution in [0, 0.1) is 0 Å². The van der Waals surface area contributed by atoms with E-state index in [2.05, 4.69) is 4.90 Å². The maximum atomic E-state index is 12.6. The molecule has 0 radical (unpaired) electrons. The van der Waals surface area contributed by atoms with Gasteiger partial charge in [-0.3, -0.25) is 4.90 Å². The van der Waals surface area contributed by atoms with Crippen LogP contribution in [0.4, 0.5) is 23.7 Å². The summed E-state index contributed by atoms with van der Waals surface area (Å²) in [4.78, 5) is 15.8. The van der Waals surface area contributed by atoms with Crippen molar-refractivity contribution in [3.63, 3.8) is 0 Å². The number of hydrogen-bond donors (Lipinski definition) is 1. The van der Waals surface area contributed by atoms with E-state index in [1.807, 2.05) is 20.8 Å². The Labute approximate surface area is 157 Å². The van der Waals surface area contributed by atoms with Gasteiger partial charge in [0.05, 0.1) is 11.3 Å². The minimum atomic E-state index is -4.43. The molecule has 0 bridgehead atoms. The lowest BCUT2D eigenvalue weighted by Crippen LogP contribution is -2.50. The third-order valence-corrected chi connectivity index (χ3v) is 4.03. The lowest BCUT2D eigenvalue weighted by molar-refractivity contribution is -0.137. The van der Waals surface area contributed by atoms with Gasteiger partial charge >= 0.3 is 12.3 Å². The Bertz CT molecular complexity index is 651. The van der Waals surface area contributed by atoms with Crippen molar-refractivity contribution in [1.82, 2.24) is 9.80 Å². The van der Waals surface area contributed by atoms with E-state index in [-0.39, 0.29) is 17.5 Å². The molecule has 2 N–H and O–H groups in total. The van der Waals surface area contributed by atoms with Gasteiger partial charge in [0.1, 0.15) is 18.0 Å². The fourth-order valence-corrected chi connectivity index (χ4v) is 2.62. The van der Waals surface area contributed by atoms with Crippen molar-refractivity contribution in [3.05, 3.63) is 23.8 Å². The number of anilines is 1. The van der Waals surface area contributed by atoms with E-state index >= 15 is 0 Å². The Balaban J connectivity index is 1.75. The molecule has 6 nitrogen and oxygen atoms in total. The molecule has 0 atom stereocenters. The number of ether oxygens (including phenoxy) is 2. The molecule has 2 rings (SSSR count). The largest absolute Gasteiger partial charge is 0.490 e. The Morgan fingerprint density at radius 3 is 2.30 bits per heavy atom. The predicted molar refractivity (Wildman–Crippen MR) is 95.6 cm³/mol. The molecular weight excluding hydrogens is 363 g/mol. The van der Waals surface area contributed by atoms with Crippen molar-refractivity contribution in [2.24, 2.45) is 0 Å². The second kappa shape index (κ2) is 8.24. The molecule has 1 saturated heterocycles. The highest BCUT2D eigenvalue weighted by molar-refractivity contribution is 5.68. The van der Waals surface area contributed by atoms with Gasteiger partial charge in [-0.25, -0.2) is 4.79 Å². The molecule has 0 spiro atoms. The fourth-order valence-electron chi connectivity index (χ4n) is 2.62. The number of nitrogens with two attached hydrogens (primary N) is 1. The van der Waals surface area contributed by atoms with Gasteiger partial charge in [-0.15, -0.1) is 0 Å². The summed E-state index contributed by atoms with van der Waals surface area (Å²) >= 11 is 0. The van der Waals surface area contributed by atoms with Crippen molar-refractivity contribution in [2.45, 2.75) is 32.5 Å². The molecule has 1 aliphatic heterocycles. The smallest absolute Gasteiger partial charge is 0.416 e. The van der Waals surface area contributed by atoms with Gasteiger partial charge in [0.2, 0.25) is 0 Å². The molecule has 0 aromatic heterocycles. The van der Waals surface area contributed by atoms with Crippen molar-refractivity contribution in [1.29, 1.82) is 0 Å². The van der Waals surface area contributed by atoms with Crippen LogP contribution in [0.1, 0.15) is 26.3 Å². The van der Waals surface area contributed by atoms with E-state index in [0.717, 1.165) is 12.1 Å². The molecule has 0 unspecified atom stereocenters. The van der Waals surface area contributed by atoms with Crippen molar-refractivity contribution in [2.75, 3.05) is 45.1 Å². The Morgan fingerprint density at radius 2 is 1.78 bits per heavy atom. The normalized spacial score (nSPS) is 16.3. The molecule has 0 saturated carbocycles. The van der Waals surface area contributed by atoms with E-state index < -0.39 is 17.3 Å². The molecule has 27 heavy (non-hydrogen) atoms. The average molecular weight is 389 g/mol. The van der Waals surface area contributed by atoms with Crippen molar-refractivity contribution < 1.29 is 27.4 Å². The zero-order chi connectivity index (χ0) is 20.2. The maximum absolute atomic E-state index is 12.6. The average Bonchev–Trinajstić information content (AvgIpc) is 2.54. The predicted octanol–water partition coefficient (Wildman–Crippen LogP) is 3.22. The minimum absolute atomic E-state index is 0.0421. The zero-order valence-electron chi connectivity index (χ0n) is 15.8. The van der Waals surface area contributed by atoms with Crippen LogP contribution in [-0.4, -0.2) is 60.8 Å². The van der Waals surface area contributed by atoms with E-state index in [1.54, 1.807) is 4.90 Å². The maximum Gasteiger partial charge on any atom is 0.416 e. The van der Waals surface area contributed by atoms with E-state index in [9.17, 15) is 18.0 Å². The minimum Gasteiger partial charge on any atom is -0.490 e. The summed E-state index contributed by atoms with van der Waals surface area (Å²) in [6, 6.07) is 3.05. The van der Waals surface area contributed by atoms with Crippen LogP contribution in [0.5, 0.6) is 5.75 Å². The van der Waals surface area contributed by atoms with Gasteiger partial charge in [-0.1, -0.05) is 0 Å². The van der Waals surface area contributed by atoms with Gasteiger partial charge in [0, 0.05) is 32.7 Å². The first-order valence-corrected chi connectivity index (χ1v) is 8.75. The summed E-state index contributed by atoms with van der Waals surface area (Å²) in [7, 11) is 0. The first-order valence-electron chi connectivity index (χ1n) is 8.75. The number of halogens is 3. The Hall–Kier alpha value is -2.16. The molecule has 1 fully saturated rings. The standard InChI is InChI=1S/C18H26F3N3O3/c1-17(2,3)27-16(25)24-8-6-23(7-9-24)10-11-26-15-5-4-13(12-14(15)22)18(19,20)21/h4-5,12H,6-11,22H2,1-3H3. The Morgan fingerprint density at radius 1 is 1.15 bits per heavy atom. The van der Waals surface area contributed by atoms with Crippen LogP contribution in [0.2, 0.25) is 0 Å². The van der Waals surface area contributed by atoms with Crippen molar-refractivity contribution in [3.8, 4) is 5.75 Å². The monoisotopic (exact) mass is 389 g/mol. The number of benzene rings is 1. The lowest BCUT2D eigenvalue weighted by Gasteiger charge is -2.35. The highest BCUT2D eigenvalue weighted by Gasteiger charge is 2.31. The van der Waals surface area contributed by atoms with Crippen LogP contribution >= 0.6 is 0 Å². The summed E-state index contributed by atoms with van der Waals surface area (Å²) in [5.74, 6) is 0.232. The van der Waals surface area contributed by atoms with Gasteiger partial charge in [0.25, 0.3) is 0 Å². The highest BCUT2D eigenvalue weighted by Crippen LogP contribution is 2.33. The van der Waals surface area contributed by atoms with Crippen LogP contribution < -0.4 is 10.5 Å². The van der Waals surface area contributed by atoms with E-state index in [1.165, 1.54) is 6.07 Å². The molecule has 1 amide bonds. The molecule has 1 heterocycles. The molecule has 0 aliphatic carbocycles. The summed E-state index contributed by atoms with van der Waals surface area (Å²) in [6.45, 7) is 8.80. The number of nitrogen functional groups attached to an aromatic ring is 1. The zero-order valence-corrected chi connectivity index (χ0v) is 15.8. The van der Waals surface area contributed by atoms with Gasteiger partial charge < -0.3 is 20.1 Å². The molecule has 9 heteroatoms. The summed E-state index contributed by atoms with van der Waals surface area (Å²) in [5, 5.41) is 0. The van der Waals surface area contributed by atoms with Crippen LogP contribution in [0.15, 0.2) is 18.2 Å².